The largest absolute Gasteiger partial charge is 0.212 e. The molecule has 0 N–H and O–H groups in total. The van der Waals surface area contributed by atoms with Gasteiger partial charge in [0, 0.05) is 0 Å². The predicted molar refractivity (Wildman–Crippen MR) is 43.5 cm³/mol. The number of hydrogen-bond acceptors (Lipinski definition) is 0. The molecule has 0 aliphatic carbocycles. The van der Waals surface area contributed by atoms with E-state index in [1.807, 2.05) is 0 Å². The summed E-state index contributed by atoms with van der Waals surface area (Å²) >= 11 is 0. The van der Waals surface area contributed by atoms with Crippen molar-refractivity contribution < 1.29 is 8.78 Å². The standard InChI is InChI=1S/C9H12F2/c1-4-5-9(8(3)11)6-7(2)10/h4,6H,1,5H2,2-3H3/b7-6+,9-8+. The minimum absolute atomic E-state index is 0.347. The van der Waals surface area contributed by atoms with Crippen molar-refractivity contribution in [2.24, 2.45) is 0 Å². The summed E-state index contributed by atoms with van der Waals surface area (Å²) in [6.07, 6.45) is 3.08. The van der Waals surface area contributed by atoms with Crippen molar-refractivity contribution in [3.8, 4) is 0 Å². The minimum atomic E-state index is -0.390. The van der Waals surface area contributed by atoms with Crippen molar-refractivity contribution in [2.45, 2.75) is 20.3 Å². The van der Waals surface area contributed by atoms with Crippen LogP contribution in [0.15, 0.2) is 36.0 Å². The third-order valence-electron chi connectivity index (χ3n) is 1.18. The molecular formula is C9H12F2. The van der Waals surface area contributed by atoms with Gasteiger partial charge in [-0.3, -0.25) is 0 Å². The van der Waals surface area contributed by atoms with Crippen LogP contribution in [-0.4, -0.2) is 0 Å². The Labute approximate surface area is 65.9 Å². The molecule has 0 rings (SSSR count). The van der Waals surface area contributed by atoms with Crippen molar-refractivity contribution in [3.63, 3.8) is 0 Å². The van der Waals surface area contributed by atoms with E-state index in [2.05, 4.69) is 6.58 Å². The van der Waals surface area contributed by atoms with Gasteiger partial charge in [-0.25, -0.2) is 8.78 Å². The van der Waals surface area contributed by atoms with E-state index in [0.29, 0.717) is 12.0 Å². The van der Waals surface area contributed by atoms with Crippen LogP contribution in [0, 0.1) is 0 Å². The summed E-state index contributed by atoms with van der Waals surface area (Å²) < 4.78 is 24.8. The van der Waals surface area contributed by atoms with Gasteiger partial charge in [-0.05, 0) is 31.9 Å². The van der Waals surface area contributed by atoms with Gasteiger partial charge in [0.25, 0.3) is 0 Å². The topological polar surface area (TPSA) is 0 Å². The molecule has 0 fully saturated rings. The molecule has 0 bridgehead atoms. The van der Waals surface area contributed by atoms with Crippen LogP contribution in [0.1, 0.15) is 20.3 Å². The van der Waals surface area contributed by atoms with Crippen LogP contribution in [0.3, 0.4) is 0 Å². The Balaban J connectivity index is 4.50. The Hall–Kier alpha value is -0.920. The van der Waals surface area contributed by atoms with Crippen LogP contribution in [0.25, 0.3) is 0 Å². The first-order valence-electron chi connectivity index (χ1n) is 3.38. The zero-order valence-electron chi connectivity index (χ0n) is 6.82. The molecule has 0 aromatic heterocycles. The van der Waals surface area contributed by atoms with Gasteiger partial charge in [-0.2, -0.15) is 0 Å². The molecule has 0 aliphatic rings. The molecule has 0 unspecified atom stereocenters. The number of allylic oxidation sites excluding steroid dienone is 5. The fourth-order valence-corrected chi connectivity index (χ4v) is 0.695. The molecule has 62 valence electrons. The molecular weight excluding hydrogens is 146 g/mol. The number of rotatable bonds is 3. The zero-order chi connectivity index (χ0) is 8.85. The molecule has 0 aromatic carbocycles. The maximum absolute atomic E-state index is 12.5. The average molecular weight is 158 g/mol. The van der Waals surface area contributed by atoms with E-state index in [1.165, 1.54) is 26.0 Å². The fraction of sp³-hybridized carbons (Fsp3) is 0.333. The molecule has 0 nitrogen and oxygen atoms in total. The van der Waals surface area contributed by atoms with Crippen molar-refractivity contribution >= 4 is 0 Å². The van der Waals surface area contributed by atoms with Gasteiger partial charge in [0.05, 0.1) is 5.83 Å². The van der Waals surface area contributed by atoms with Crippen LogP contribution in [0.5, 0.6) is 0 Å². The van der Waals surface area contributed by atoms with Crippen molar-refractivity contribution in [2.75, 3.05) is 0 Å². The summed E-state index contributed by atoms with van der Waals surface area (Å²) in [5.41, 5.74) is 0.347. The summed E-state index contributed by atoms with van der Waals surface area (Å²) in [7, 11) is 0. The predicted octanol–water partition coefficient (Wildman–Crippen LogP) is 3.68. The zero-order valence-corrected chi connectivity index (χ0v) is 6.82. The van der Waals surface area contributed by atoms with Gasteiger partial charge in [-0.15, -0.1) is 6.58 Å². The molecule has 0 heterocycles. The Morgan fingerprint density at radius 3 is 2.18 bits per heavy atom. The summed E-state index contributed by atoms with van der Waals surface area (Å²) in [5, 5.41) is 0. The first kappa shape index (κ1) is 10.1. The second-order valence-electron chi connectivity index (χ2n) is 2.28. The summed E-state index contributed by atoms with van der Waals surface area (Å²) in [6, 6.07) is 0. The van der Waals surface area contributed by atoms with Crippen molar-refractivity contribution in [3.05, 3.63) is 36.0 Å². The van der Waals surface area contributed by atoms with Crippen molar-refractivity contribution in [1.82, 2.24) is 0 Å². The second-order valence-corrected chi connectivity index (χ2v) is 2.28. The van der Waals surface area contributed by atoms with Gasteiger partial charge in [-0.1, -0.05) is 6.08 Å². The monoisotopic (exact) mass is 158 g/mol. The van der Waals surface area contributed by atoms with E-state index in [-0.39, 0.29) is 11.7 Å². The lowest BCUT2D eigenvalue weighted by atomic mass is 10.1. The highest BCUT2D eigenvalue weighted by Gasteiger charge is 1.97. The van der Waals surface area contributed by atoms with Crippen LogP contribution < -0.4 is 0 Å². The van der Waals surface area contributed by atoms with Gasteiger partial charge in [0.2, 0.25) is 0 Å². The van der Waals surface area contributed by atoms with E-state index in [0.717, 1.165) is 0 Å². The van der Waals surface area contributed by atoms with Gasteiger partial charge in [0.1, 0.15) is 5.83 Å². The minimum Gasteiger partial charge on any atom is -0.212 e. The van der Waals surface area contributed by atoms with Gasteiger partial charge in [0.15, 0.2) is 0 Å². The van der Waals surface area contributed by atoms with Crippen molar-refractivity contribution in [1.29, 1.82) is 0 Å². The lowest BCUT2D eigenvalue weighted by Gasteiger charge is -1.96. The molecule has 0 atom stereocenters. The van der Waals surface area contributed by atoms with Crippen LogP contribution in [0.2, 0.25) is 0 Å². The van der Waals surface area contributed by atoms with Crippen LogP contribution in [0.4, 0.5) is 8.78 Å². The van der Waals surface area contributed by atoms with Crippen LogP contribution in [-0.2, 0) is 0 Å². The highest BCUT2D eigenvalue weighted by atomic mass is 19.1. The molecule has 0 aliphatic heterocycles. The quantitative estimate of drug-likeness (QED) is 0.434. The van der Waals surface area contributed by atoms with E-state index in [9.17, 15) is 8.78 Å². The van der Waals surface area contributed by atoms with E-state index in [4.69, 9.17) is 0 Å². The van der Waals surface area contributed by atoms with Gasteiger partial charge >= 0.3 is 0 Å². The fourth-order valence-electron chi connectivity index (χ4n) is 0.695. The lowest BCUT2D eigenvalue weighted by molar-refractivity contribution is 0.617. The number of hydrogen-bond donors (Lipinski definition) is 0. The van der Waals surface area contributed by atoms with E-state index in [1.54, 1.807) is 0 Å². The average Bonchev–Trinajstić information content (AvgIpc) is 1.86. The molecule has 0 aromatic rings. The van der Waals surface area contributed by atoms with E-state index >= 15 is 0 Å². The molecule has 0 saturated heterocycles. The first-order chi connectivity index (χ1) is 5.07. The first-order valence-corrected chi connectivity index (χ1v) is 3.38. The molecule has 0 saturated carbocycles. The summed E-state index contributed by atoms with van der Waals surface area (Å²) in [6.45, 7) is 6.03. The smallest absolute Gasteiger partial charge is 0.100 e. The third kappa shape index (κ3) is 4.48. The second kappa shape index (κ2) is 4.83. The van der Waals surface area contributed by atoms with Gasteiger partial charge < -0.3 is 0 Å². The van der Waals surface area contributed by atoms with Crippen LogP contribution >= 0.6 is 0 Å². The normalized spacial score (nSPS) is 14.4. The SMILES string of the molecule is C=CCC(/C=C(\C)F)=C(/C)F. The number of halogens is 2. The summed E-state index contributed by atoms with van der Waals surface area (Å²) in [5.74, 6) is -0.749. The Morgan fingerprint density at radius 1 is 1.36 bits per heavy atom. The molecule has 0 spiro atoms. The Bertz CT molecular complexity index is 192. The molecule has 0 amide bonds. The third-order valence-corrected chi connectivity index (χ3v) is 1.18. The molecule has 2 heteroatoms. The highest BCUT2D eigenvalue weighted by Crippen LogP contribution is 2.14. The Morgan fingerprint density at radius 2 is 1.91 bits per heavy atom. The lowest BCUT2D eigenvalue weighted by Crippen LogP contribution is -1.79. The maximum atomic E-state index is 12.5. The van der Waals surface area contributed by atoms with E-state index < -0.39 is 0 Å². The molecule has 0 radical (unpaired) electrons. The Kier molecular flexibility index (Phi) is 4.42. The molecule has 11 heavy (non-hydrogen) atoms. The maximum Gasteiger partial charge on any atom is 0.100 e. The highest BCUT2D eigenvalue weighted by molar-refractivity contribution is 5.24. The summed E-state index contributed by atoms with van der Waals surface area (Å²) in [4.78, 5) is 0.